The zero-order valence-electron chi connectivity index (χ0n) is 18.8. The van der Waals surface area contributed by atoms with Crippen molar-refractivity contribution in [1.82, 2.24) is 14.3 Å². The SMILES string of the molecule is COC(=O)c1ccc(NC(=O)Cn2nc(-c3ccc(Cl)cc3Cl)n(-c3ccc(C)cc3)c2=S)cc1. The van der Waals surface area contributed by atoms with Gasteiger partial charge in [-0.2, -0.15) is 5.10 Å². The van der Waals surface area contributed by atoms with Gasteiger partial charge in [0, 0.05) is 22.0 Å². The number of amides is 1. The van der Waals surface area contributed by atoms with E-state index >= 15 is 0 Å². The molecule has 35 heavy (non-hydrogen) atoms. The molecule has 3 aromatic carbocycles. The lowest BCUT2D eigenvalue weighted by atomic mass is 10.2. The fourth-order valence-electron chi connectivity index (χ4n) is 3.43. The number of carbonyl (C=O) groups excluding carboxylic acids is 2. The second-order valence-corrected chi connectivity index (χ2v) is 8.88. The Morgan fingerprint density at radius 3 is 2.34 bits per heavy atom. The third-order valence-corrected chi connectivity index (χ3v) is 6.13. The van der Waals surface area contributed by atoms with E-state index in [1.165, 1.54) is 11.8 Å². The van der Waals surface area contributed by atoms with Gasteiger partial charge in [-0.05, 0) is 73.7 Å². The van der Waals surface area contributed by atoms with Gasteiger partial charge in [0.2, 0.25) is 10.7 Å². The second kappa shape index (κ2) is 10.4. The van der Waals surface area contributed by atoms with Crippen molar-refractivity contribution in [3.05, 3.63) is 92.7 Å². The van der Waals surface area contributed by atoms with Crippen LogP contribution >= 0.6 is 35.4 Å². The van der Waals surface area contributed by atoms with Gasteiger partial charge in [0.15, 0.2) is 5.82 Å². The number of hydrogen-bond donors (Lipinski definition) is 1. The molecule has 0 bridgehead atoms. The molecule has 0 saturated heterocycles. The number of halogens is 2. The standard InChI is InChI=1S/C25H20Cl2N4O3S/c1-15-3-10-19(11-4-15)31-23(20-12-7-17(26)13-21(20)27)29-30(25(31)35)14-22(32)28-18-8-5-16(6-9-18)24(33)34-2/h3-13H,14H2,1-2H3,(H,28,32). The maximum Gasteiger partial charge on any atom is 0.337 e. The van der Waals surface area contributed by atoms with Gasteiger partial charge in [-0.1, -0.05) is 40.9 Å². The number of benzene rings is 3. The molecule has 0 aliphatic heterocycles. The number of nitrogens with zero attached hydrogens (tertiary/aromatic N) is 3. The van der Waals surface area contributed by atoms with Crippen LogP contribution in [0.1, 0.15) is 15.9 Å². The third-order valence-electron chi connectivity index (χ3n) is 5.19. The average molecular weight is 527 g/mol. The third kappa shape index (κ3) is 5.45. The molecule has 178 valence electrons. The summed E-state index contributed by atoms with van der Waals surface area (Å²) in [6.45, 7) is 1.86. The first-order valence-corrected chi connectivity index (χ1v) is 11.6. The molecule has 1 amide bonds. The number of rotatable bonds is 6. The topological polar surface area (TPSA) is 78.2 Å². The number of aryl methyl sites for hydroxylation is 1. The average Bonchev–Trinajstić information content (AvgIpc) is 3.15. The summed E-state index contributed by atoms with van der Waals surface area (Å²) in [7, 11) is 1.31. The summed E-state index contributed by atoms with van der Waals surface area (Å²) in [6.07, 6.45) is 0. The summed E-state index contributed by atoms with van der Waals surface area (Å²) in [5.41, 5.74) is 3.41. The van der Waals surface area contributed by atoms with Crippen LogP contribution in [0.3, 0.4) is 0 Å². The van der Waals surface area contributed by atoms with Crippen molar-refractivity contribution in [3.8, 4) is 17.1 Å². The molecular weight excluding hydrogens is 507 g/mol. The summed E-state index contributed by atoms with van der Waals surface area (Å²) in [6, 6.07) is 19.3. The predicted molar refractivity (Wildman–Crippen MR) is 139 cm³/mol. The van der Waals surface area contributed by atoms with Gasteiger partial charge in [-0.25, -0.2) is 9.48 Å². The van der Waals surface area contributed by atoms with Crippen LogP contribution in [-0.4, -0.2) is 33.3 Å². The Labute approximate surface area is 216 Å². The fraction of sp³-hybridized carbons (Fsp3) is 0.120. The van der Waals surface area contributed by atoms with Crippen LogP contribution in [0.25, 0.3) is 17.1 Å². The summed E-state index contributed by atoms with van der Waals surface area (Å²) in [4.78, 5) is 24.4. The molecule has 1 heterocycles. The van der Waals surface area contributed by atoms with E-state index in [4.69, 9.17) is 35.4 Å². The molecule has 0 aliphatic carbocycles. The minimum Gasteiger partial charge on any atom is -0.465 e. The molecule has 0 unspecified atom stereocenters. The zero-order valence-corrected chi connectivity index (χ0v) is 21.1. The lowest BCUT2D eigenvalue weighted by Gasteiger charge is -2.09. The Bertz CT molecular complexity index is 1460. The normalized spacial score (nSPS) is 10.7. The Hall–Kier alpha value is -3.46. The maximum atomic E-state index is 12.8. The van der Waals surface area contributed by atoms with Crippen LogP contribution in [-0.2, 0) is 16.1 Å². The van der Waals surface area contributed by atoms with E-state index in [1.54, 1.807) is 47.0 Å². The minimum atomic E-state index is -0.454. The van der Waals surface area contributed by atoms with E-state index in [-0.39, 0.29) is 12.5 Å². The lowest BCUT2D eigenvalue weighted by Crippen LogP contribution is -2.20. The van der Waals surface area contributed by atoms with Gasteiger partial charge in [-0.15, -0.1) is 0 Å². The van der Waals surface area contributed by atoms with Gasteiger partial charge in [0.1, 0.15) is 6.54 Å². The molecule has 0 radical (unpaired) electrons. The first-order valence-electron chi connectivity index (χ1n) is 10.5. The summed E-state index contributed by atoms with van der Waals surface area (Å²) >= 11 is 18.3. The van der Waals surface area contributed by atoms with E-state index in [2.05, 4.69) is 15.2 Å². The number of hydrogen-bond acceptors (Lipinski definition) is 5. The molecular formula is C25H20Cl2N4O3S. The van der Waals surface area contributed by atoms with Crippen molar-refractivity contribution in [2.75, 3.05) is 12.4 Å². The van der Waals surface area contributed by atoms with Gasteiger partial charge in [0.05, 0.1) is 17.7 Å². The van der Waals surface area contributed by atoms with Crippen LogP contribution < -0.4 is 5.32 Å². The van der Waals surface area contributed by atoms with Gasteiger partial charge < -0.3 is 10.1 Å². The molecule has 0 atom stereocenters. The summed E-state index contributed by atoms with van der Waals surface area (Å²) in [5, 5.41) is 8.32. The van der Waals surface area contributed by atoms with E-state index in [1.807, 2.05) is 31.2 Å². The Kier molecular flexibility index (Phi) is 7.35. The number of carbonyl (C=O) groups is 2. The minimum absolute atomic E-state index is 0.130. The highest BCUT2D eigenvalue weighted by Gasteiger charge is 2.19. The van der Waals surface area contributed by atoms with Crippen LogP contribution in [0.15, 0.2) is 66.7 Å². The first-order chi connectivity index (χ1) is 16.8. The maximum absolute atomic E-state index is 12.8. The first kappa shape index (κ1) is 24.7. The van der Waals surface area contributed by atoms with Crippen molar-refractivity contribution in [2.45, 2.75) is 13.5 Å². The number of aromatic nitrogens is 3. The van der Waals surface area contributed by atoms with Crippen molar-refractivity contribution < 1.29 is 14.3 Å². The van der Waals surface area contributed by atoms with Crippen molar-refractivity contribution in [3.63, 3.8) is 0 Å². The quantitative estimate of drug-likeness (QED) is 0.242. The molecule has 7 nitrogen and oxygen atoms in total. The van der Waals surface area contributed by atoms with Crippen LogP contribution in [0, 0.1) is 11.7 Å². The number of anilines is 1. The molecule has 0 saturated carbocycles. The Morgan fingerprint density at radius 2 is 1.71 bits per heavy atom. The summed E-state index contributed by atoms with van der Waals surface area (Å²) in [5.74, 6) is -0.311. The molecule has 1 N–H and O–H groups in total. The van der Waals surface area contributed by atoms with Crippen molar-refractivity contribution >= 4 is 53.0 Å². The Morgan fingerprint density at radius 1 is 1.03 bits per heavy atom. The monoisotopic (exact) mass is 526 g/mol. The summed E-state index contributed by atoms with van der Waals surface area (Å²) < 4.78 is 8.22. The number of nitrogens with one attached hydrogen (secondary N) is 1. The highest BCUT2D eigenvalue weighted by Crippen LogP contribution is 2.31. The molecule has 0 aliphatic rings. The van der Waals surface area contributed by atoms with Gasteiger partial charge in [0.25, 0.3) is 0 Å². The highest BCUT2D eigenvalue weighted by molar-refractivity contribution is 7.71. The van der Waals surface area contributed by atoms with Crippen LogP contribution in [0.2, 0.25) is 10.0 Å². The molecule has 1 aromatic heterocycles. The van der Waals surface area contributed by atoms with Gasteiger partial charge >= 0.3 is 5.97 Å². The molecule has 4 aromatic rings. The van der Waals surface area contributed by atoms with Crippen LogP contribution in [0.5, 0.6) is 0 Å². The molecule has 0 fully saturated rings. The van der Waals surface area contributed by atoms with E-state index in [0.717, 1.165) is 11.3 Å². The van der Waals surface area contributed by atoms with Crippen molar-refractivity contribution in [1.29, 1.82) is 0 Å². The van der Waals surface area contributed by atoms with E-state index < -0.39 is 5.97 Å². The predicted octanol–water partition coefficient (Wildman–Crippen LogP) is 6.11. The van der Waals surface area contributed by atoms with E-state index in [9.17, 15) is 9.59 Å². The van der Waals surface area contributed by atoms with Crippen LogP contribution in [0.4, 0.5) is 5.69 Å². The van der Waals surface area contributed by atoms with Crippen molar-refractivity contribution in [2.24, 2.45) is 0 Å². The fourth-order valence-corrected chi connectivity index (χ4v) is 4.22. The van der Waals surface area contributed by atoms with Gasteiger partial charge in [-0.3, -0.25) is 9.36 Å². The molecule has 4 rings (SSSR count). The Balaban J connectivity index is 1.67. The lowest BCUT2D eigenvalue weighted by molar-refractivity contribution is -0.116. The zero-order chi connectivity index (χ0) is 25.1. The number of esters is 1. The molecule has 0 spiro atoms. The number of ether oxygens (including phenoxy) is 1. The second-order valence-electron chi connectivity index (χ2n) is 7.68. The van der Waals surface area contributed by atoms with E-state index in [0.29, 0.717) is 37.5 Å². The largest absolute Gasteiger partial charge is 0.465 e. The highest BCUT2D eigenvalue weighted by atomic mass is 35.5. The smallest absolute Gasteiger partial charge is 0.337 e. The molecule has 10 heteroatoms. The number of methoxy groups -OCH3 is 1.